The Labute approximate surface area is 82.9 Å². The van der Waals surface area contributed by atoms with Crippen molar-refractivity contribution in [2.75, 3.05) is 24.7 Å². The minimum absolute atomic E-state index is 0.126. The molecular weight excluding hydrogens is 204 g/mol. The van der Waals surface area contributed by atoms with E-state index in [-0.39, 0.29) is 4.90 Å². The first-order valence-corrected chi connectivity index (χ1v) is 5.40. The van der Waals surface area contributed by atoms with Crippen molar-refractivity contribution >= 4 is 21.5 Å². The van der Waals surface area contributed by atoms with E-state index in [0.29, 0.717) is 5.69 Å². The standard InChI is InChI=1S/C8H12N2O3S/c1-9-6-3-4-8(14(11,12)13)7(5-6)10-2/h3-5,9-10H,1-2H3,(H,11,12,13). The molecule has 5 nitrogen and oxygen atoms in total. The monoisotopic (exact) mass is 216 g/mol. The van der Waals surface area contributed by atoms with Crippen LogP contribution in [0.3, 0.4) is 0 Å². The van der Waals surface area contributed by atoms with Gasteiger partial charge in [0, 0.05) is 19.8 Å². The maximum atomic E-state index is 10.9. The van der Waals surface area contributed by atoms with E-state index in [1.165, 1.54) is 6.07 Å². The van der Waals surface area contributed by atoms with Gasteiger partial charge in [0.2, 0.25) is 0 Å². The molecule has 0 amide bonds. The summed E-state index contributed by atoms with van der Waals surface area (Å²) in [4.78, 5) is -0.126. The van der Waals surface area contributed by atoms with Crippen LogP contribution >= 0.6 is 0 Å². The van der Waals surface area contributed by atoms with Gasteiger partial charge >= 0.3 is 0 Å². The van der Waals surface area contributed by atoms with Crippen molar-refractivity contribution in [3.05, 3.63) is 18.2 Å². The van der Waals surface area contributed by atoms with Crippen LogP contribution < -0.4 is 10.6 Å². The van der Waals surface area contributed by atoms with Gasteiger partial charge in [-0.3, -0.25) is 4.55 Å². The molecule has 0 spiro atoms. The van der Waals surface area contributed by atoms with Crippen LogP contribution in [0.5, 0.6) is 0 Å². The molecule has 0 heterocycles. The minimum atomic E-state index is -4.16. The van der Waals surface area contributed by atoms with E-state index in [0.717, 1.165) is 5.69 Å². The first kappa shape index (κ1) is 10.8. The van der Waals surface area contributed by atoms with Crippen molar-refractivity contribution < 1.29 is 13.0 Å². The lowest BCUT2D eigenvalue weighted by atomic mass is 10.3. The molecule has 3 N–H and O–H groups in total. The summed E-state index contributed by atoms with van der Waals surface area (Å²) in [6.07, 6.45) is 0. The zero-order chi connectivity index (χ0) is 10.8. The van der Waals surface area contributed by atoms with Crippen LogP contribution in [-0.2, 0) is 10.1 Å². The highest BCUT2D eigenvalue weighted by Crippen LogP contribution is 2.24. The van der Waals surface area contributed by atoms with Crippen LogP contribution in [0.4, 0.5) is 11.4 Å². The Bertz CT molecular complexity index is 428. The Balaban J connectivity index is 3.33. The molecule has 0 atom stereocenters. The maximum absolute atomic E-state index is 10.9. The Hall–Kier alpha value is -1.27. The molecule has 0 fully saturated rings. The molecule has 1 aromatic rings. The third kappa shape index (κ3) is 2.15. The molecule has 14 heavy (non-hydrogen) atoms. The summed E-state index contributed by atoms with van der Waals surface area (Å²) in [7, 11) is -0.850. The Morgan fingerprint density at radius 1 is 1.21 bits per heavy atom. The fraction of sp³-hybridized carbons (Fsp3) is 0.250. The van der Waals surface area contributed by atoms with Gasteiger partial charge in [-0.15, -0.1) is 0 Å². The highest BCUT2D eigenvalue weighted by Gasteiger charge is 2.14. The van der Waals surface area contributed by atoms with Crippen LogP contribution in [0, 0.1) is 0 Å². The molecule has 0 bridgehead atoms. The Kier molecular flexibility index (Phi) is 2.97. The van der Waals surface area contributed by atoms with Gasteiger partial charge in [-0.1, -0.05) is 0 Å². The second-order valence-corrected chi connectivity index (χ2v) is 4.08. The molecule has 1 rings (SSSR count). The first-order valence-electron chi connectivity index (χ1n) is 3.96. The minimum Gasteiger partial charge on any atom is -0.388 e. The van der Waals surface area contributed by atoms with Crippen molar-refractivity contribution in [2.45, 2.75) is 4.90 Å². The summed E-state index contributed by atoms with van der Waals surface area (Å²) < 4.78 is 30.7. The van der Waals surface area contributed by atoms with E-state index in [2.05, 4.69) is 10.6 Å². The van der Waals surface area contributed by atoms with Crippen molar-refractivity contribution in [1.29, 1.82) is 0 Å². The summed E-state index contributed by atoms with van der Waals surface area (Å²) in [6, 6.07) is 4.51. The van der Waals surface area contributed by atoms with E-state index in [9.17, 15) is 8.42 Å². The predicted molar refractivity (Wildman–Crippen MR) is 55.4 cm³/mol. The normalized spacial score (nSPS) is 11.1. The van der Waals surface area contributed by atoms with Crippen LogP contribution in [0.1, 0.15) is 0 Å². The second kappa shape index (κ2) is 3.85. The third-order valence-electron chi connectivity index (χ3n) is 1.82. The molecule has 0 saturated carbocycles. The summed E-state index contributed by atoms with van der Waals surface area (Å²) >= 11 is 0. The summed E-state index contributed by atoms with van der Waals surface area (Å²) in [6.45, 7) is 0. The topological polar surface area (TPSA) is 78.4 Å². The van der Waals surface area contributed by atoms with Gasteiger partial charge in [0.1, 0.15) is 4.90 Å². The average molecular weight is 216 g/mol. The molecule has 0 aromatic heterocycles. The molecular formula is C8H12N2O3S. The molecule has 0 unspecified atom stereocenters. The summed E-state index contributed by atoms with van der Waals surface area (Å²) in [5.41, 5.74) is 1.13. The van der Waals surface area contributed by atoms with Gasteiger partial charge in [0.15, 0.2) is 0 Å². The molecule has 0 aliphatic rings. The van der Waals surface area contributed by atoms with E-state index >= 15 is 0 Å². The fourth-order valence-corrected chi connectivity index (χ4v) is 1.78. The lowest BCUT2D eigenvalue weighted by Crippen LogP contribution is -2.04. The van der Waals surface area contributed by atoms with Crippen molar-refractivity contribution in [3.63, 3.8) is 0 Å². The van der Waals surface area contributed by atoms with Crippen molar-refractivity contribution in [2.24, 2.45) is 0 Å². The maximum Gasteiger partial charge on any atom is 0.296 e. The zero-order valence-electron chi connectivity index (χ0n) is 7.90. The molecule has 78 valence electrons. The highest BCUT2D eigenvalue weighted by atomic mass is 32.2. The van der Waals surface area contributed by atoms with E-state index in [1.807, 2.05) is 0 Å². The fourth-order valence-electron chi connectivity index (χ4n) is 1.11. The molecule has 0 aliphatic carbocycles. The number of hydrogen-bond acceptors (Lipinski definition) is 4. The van der Waals surface area contributed by atoms with E-state index in [1.54, 1.807) is 26.2 Å². The van der Waals surface area contributed by atoms with Crippen LogP contribution in [0.2, 0.25) is 0 Å². The van der Waals surface area contributed by atoms with Crippen molar-refractivity contribution in [3.8, 4) is 0 Å². The van der Waals surface area contributed by atoms with Gasteiger partial charge in [-0.05, 0) is 18.2 Å². The van der Waals surface area contributed by atoms with Crippen LogP contribution in [0.25, 0.3) is 0 Å². The number of benzene rings is 1. The van der Waals surface area contributed by atoms with Crippen LogP contribution in [-0.4, -0.2) is 27.1 Å². The van der Waals surface area contributed by atoms with Gasteiger partial charge in [-0.2, -0.15) is 8.42 Å². The largest absolute Gasteiger partial charge is 0.388 e. The van der Waals surface area contributed by atoms with E-state index in [4.69, 9.17) is 4.55 Å². The first-order chi connectivity index (χ1) is 6.49. The quantitative estimate of drug-likeness (QED) is 0.657. The average Bonchev–Trinajstić information content (AvgIpc) is 2.15. The molecule has 6 heteroatoms. The molecule has 1 aromatic carbocycles. The number of rotatable bonds is 3. The number of anilines is 2. The van der Waals surface area contributed by atoms with Crippen molar-refractivity contribution in [1.82, 2.24) is 0 Å². The van der Waals surface area contributed by atoms with Gasteiger partial charge in [0.25, 0.3) is 10.1 Å². The zero-order valence-corrected chi connectivity index (χ0v) is 8.72. The van der Waals surface area contributed by atoms with Crippen LogP contribution in [0.15, 0.2) is 23.1 Å². The SMILES string of the molecule is CNc1ccc(S(=O)(=O)O)c(NC)c1. The lowest BCUT2D eigenvalue weighted by Gasteiger charge is -2.08. The van der Waals surface area contributed by atoms with Gasteiger partial charge in [-0.25, -0.2) is 0 Å². The predicted octanol–water partition coefficient (Wildman–Crippen LogP) is 1.02. The lowest BCUT2D eigenvalue weighted by molar-refractivity contribution is 0.483. The smallest absolute Gasteiger partial charge is 0.296 e. The molecule has 0 radical (unpaired) electrons. The summed E-state index contributed by atoms with van der Waals surface area (Å²) in [5, 5.41) is 5.56. The number of nitrogens with one attached hydrogen (secondary N) is 2. The van der Waals surface area contributed by atoms with Gasteiger partial charge in [0.05, 0.1) is 5.69 Å². The Morgan fingerprint density at radius 3 is 2.29 bits per heavy atom. The second-order valence-electron chi connectivity index (χ2n) is 2.69. The third-order valence-corrected chi connectivity index (χ3v) is 2.73. The van der Waals surface area contributed by atoms with E-state index < -0.39 is 10.1 Å². The Morgan fingerprint density at radius 2 is 1.86 bits per heavy atom. The highest BCUT2D eigenvalue weighted by molar-refractivity contribution is 7.86. The number of hydrogen-bond donors (Lipinski definition) is 3. The summed E-state index contributed by atoms with van der Waals surface area (Å²) in [5.74, 6) is 0. The molecule has 0 aliphatic heterocycles. The molecule has 0 saturated heterocycles. The van der Waals surface area contributed by atoms with Gasteiger partial charge < -0.3 is 10.6 Å².